The Kier molecular flexibility index (Phi) is 3.82. The zero-order valence-corrected chi connectivity index (χ0v) is 10.9. The molecule has 1 aliphatic rings. The van der Waals surface area contributed by atoms with Crippen LogP contribution in [0.15, 0.2) is 0 Å². The van der Waals surface area contributed by atoms with Crippen LogP contribution in [0, 0.1) is 0 Å². The quantitative estimate of drug-likeness (QED) is 0.874. The van der Waals surface area contributed by atoms with Gasteiger partial charge in [0.05, 0.1) is 6.54 Å². The van der Waals surface area contributed by atoms with Crippen LogP contribution in [0.3, 0.4) is 0 Å². The molecule has 1 heterocycles. The Morgan fingerprint density at radius 3 is 2.58 bits per heavy atom. The summed E-state index contributed by atoms with van der Waals surface area (Å²) in [6.07, 6.45) is -4.75. The number of hydrogen-bond donors (Lipinski definition) is 1. The molecule has 8 heteroatoms. The highest BCUT2D eigenvalue weighted by Crippen LogP contribution is 2.38. The van der Waals surface area contributed by atoms with Crippen LogP contribution >= 0.6 is 0 Å². The number of alkyl halides is 3. The molecule has 0 bridgehead atoms. The van der Waals surface area contributed by atoms with Crippen LogP contribution in [0.4, 0.5) is 13.2 Å². The predicted molar refractivity (Wildman–Crippen MR) is 61.4 cm³/mol. The molecule has 1 aromatic heterocycles. The summed E-state index contributed by atoms with van der Waals surface area (Å²) in [6.45, 7) is -0.252. The monoisotopic (exact) mass is 278 g/mol. The molecule has 19 heavy (non-hydrogen) atoms. The van der Waals surface area contributed by atoms with Crippen LogP contribution in [0.25, 0.3) is 0 Å². The number of likely N-dealkylation sites (N-methyl/N-ethyl adjacent to an activating group) is 1. The summed E-state index contributed by atoms with van der Waals surface area (Å²) in [5.41, 5.74) is 0. The molecule has 1 atom stereocenters. The molecule has 1 fully saturated rings. The van der Waals surface area contributed by atoms with Gasteiger partial charge in [0, 0.05) is 19.5 Å². The van der Waals surface area contributed by atoms with E-state index in [-0.39, 0.29) is 6.54 Å². The van der Waals surface area contributed by atoms with Gasteiger partial charge in [-0.15, -0.1) is 10.2 Å². The molecule has 108 valence electrons. The number of hydrogen-bond acceptors (Lipinski definition) is 4. The first-order chi connectivity index (χ1) is 8.79. The van der Waals surface area contributed by atoms with Crippen LogP contribution in [-0.2, 0) is 13.6 Å². The second kappa shape index (κ2) is 5.09. The molecular weight excluding hydrogens is 261 g/mol. The van der Waals surface area contributed by atoms with Crippen molar-refractivity contribution in [3.8, 4) is 0 Å². The van der Waals surface area contributed by atoms with E-state index < -0.39 is 18.8 Å². The van der Waals surface area contributed by atoms with Crippen molar-refractivity contribution in [2.75, 3.05) is 13.6 Å². The molecule has 1 N–H and O–H groups in total. The number of halogens is 3. The van der Waals surface area contributed by atoms with Crippen LogP contribution in [-0.4, -0.2) is 50.6 Å². The molecule has 1 aliphatic carbocycles. The first-order valence-corrected chi connectivity index (χ1v) is 6.10. The van der Waals surface area contributed by atoms with E-state index in [4.69, 9.17) is 5.11 Å². The van der Waals surface area contributed by atoms with Gasteiger partial charge in [-0.3, -0.25) is 4.90 Å². The molecule has 0 amide bonds. The third kappa shape index (κ3) is 3.44. The van der Waals surface area contributed by atoms with Crippen molar-refractivity contribution < 1.29 is 18.3 Å². The maximum Gasteiger partial charge on any atom is 0.415 e. The van der Waals surface area contributed by atoms with E-state index in [0.717, 1.165) is 18.7 Å². The lowest BCUT2D eigenvalue weighted by atomic mass is 10.3. The molecule has 1 saturated carbocycles. The molecule has 1 aromatic rings. The highest BCUT2D eigenvalue weighted by Gasteiger charge is 2.38. The van der Waals surface area contributed by atoms with Gasteiger partial charge in [0.1, 0.15) is 11.6 Å². The van der Waals surface area contributed by atoms with Crippen molar-refractivity contribution in [1.82, 2.24) is 19.7 Å². The molecule has 0 radical (unpaired) electrons. The minimum atomic E-state index is -4.59. The zero-order chi connectivity index (χ0) is 14.2. The van der Waals surface area contributed by atoms with Crippen molar-refractivity contribution >= 4 is 0 Å². The van der Waals surface area contributed by atoms with E-state index in [1.165, 1.54) is 11.9 Å². The highest BCUT2D eigenvalue weighted by molar-refractivity contribution is 5.07. The van der Waals surface area contributed by atoms with E-state index in [0.29, 0.717) is 11.7 Å². The van der Waals surface area contributed by atoms with E-state index >= 15 is 0 Å². The average molecular weight is 278 g/mol. The largest absolute Gasteiger partial charge is 0.415 e. The highest BCUT2D eigenvalue weighted by atomic mass is 19.4. The number of rotatable bonds is 5. The topological polar surface area (TPSA) is 54.2 Å². The Morgan fingerprint density at radius 1 is 1.42 bits per heavy atom. The van der Waals surface area contributed by atoms with Gasteiger partial charge in [0.2, 0.25) is 0 Å². The lowest BCUT2D eigenvalue weighted by molar-refractivity contribution is -0.207. The minimum absolute atomic E-state index is 0.226. The minimum Gasteiger partial charge on any atom is -0.382 e. The maximum absolute atomic E-state index is 12.2. The Labute approximate surface area is 109 Å². The summed E-state index contributed by atoms with van der Waals surface area (Å²) in [7, 11) is 3.33. The number of aliphatic hydroxyl groups excluding tert-OH is 1. The Morgan fingerprint density at radius 2 is 2.05 bits per heavy atom. The fourth-order valence-corrected chi connectivity index (χ4v) is 1.91. The van der Waals surface area contributed by atoms with E-state index in [2.05, 4.69) is 10.2 Å². The van der Waals surface area contributed by atoms with Crippen molar-refractivity contribution in [2.45, 2.75) is 37.6 Å². The lowest BCUT2D eigenvalue weighted by Gasteiger charge is -2.21. The first kappa shape index (κ1) is 14.3. The van der Waals surface area contributed by atoms with Crippen LogP contribution < -0.4 is 0 Å². The van der Waals surface area contributed by atoms with Crippen molar-refractivity contribution in [3.05, 3.63) is 11.6 Å². The molecule has 0 aliphatic heterocycles. The standard InChI is InChI=1S/C11H17F3N4O/c1-17(5-8(19)11(12,13)14)6-9-15-16-10(18(9)2)7-3-4-7/h7-8,19H,3-6H2,1-2H3. The van der Waals surface area contributed by atoms with Gasteiger partial charge in [0.15, 0.2) is 6.10 Å². The summed E-state index contributed by atoms with van der Waals surface area (Å²) < 4.78 is 38.5. The summed E-state index contributed by atoms with van der Waals surface area (Å²) in [5.74, 6) is 1.94. The molecule has 0 spiro atoms. The molecule has 0 saturated heterocycles. The summed E-state index contributed by atoms with van der Waals surface area (Å²) in [6, 6.07) is 0. The fourth-order valence-electron chi connectivity index (χ4n) is 1.91. The van der Waals surface area contributed by atoms with Crippen molar-refractivity contribution in [1.29, 1.82) is 0 Å². The average Bonchev–Trinajstić information content (AvgIpc) is 3.05. The van der Waals surface area contributed by atoms with Gasteiger partial charge >= 0.3 is 6.18 Å². The van der Waals surface area contributed by atoms with E-state index in [9.17, 15) is 13.2 Å². The molecule has 0 aromatic carbocycles. The predicted octanol–water partition coefficient (Wildman–Crippen LogP) is 1.05. The van der Waals surface area contributed by atoms with Gasteiger partial charge < -0.3 is 9.67 Å². The Balaban J connectivity index is 1.93. The normalized spacial score (nSPS) is 18.1. The van der Waals surface area contributed by atoms with Crippen molar-refractivity contribution in [2.24, 2.45) is 7.05 Å². The molecular formula is C11H17F3N4O. The fraction of sp³-hybridized carbons (Fsp3) is 0.818. The SMILES string of the molecule is CN(Cc1nnc(C2CC2)n1C)CC(O)C(F)(F)F. The number of nitrogens with zero attached hydrogens (tertiary/aromatic N) is 4. The van der Waals surface area contributed by atoms with Crippen molar-refractivity contribution in [3.63, 3.8) is 0 Å². The first-order valence-electron chi connectivity index (χ1n) is 6.10. The van der Waals surface area contributed by atoms with Gasteiger partial charge in [-0.25, -0.2) is 0 Å². The van der Waals surface area contributed by atoms with Gasteiger partial charge in [-0.05, 0) is 19.9 Å². The number of aromatic nitrogens is 3. The van der Waals surface area contributed by atoms with Crippen LogP contribution in [0.1, 0.15) is 30.4 Å². The molecule has 2 rings (SSSR count). The Hall–Kier alpha value is -1.15. The van der Waals surface area contributed by atoms with E-state index in [1.807, 2.05) is 11.6 Å². The maximum atomic E-state index is 12.2. The van der Waals surface area contributed by atoms with Gasteiger partial charge in [-0.1, -0.05) is 0 Å². The number of aliphatic hydroxyl groups is 1. The summed E-state index contributed by atoms with van der Waals surface area (Å²) in [4.78, 5) is 1.39. The lowest BCUT2D eigenvalue weighted by Crippen LogP contribution is -2.39. The Bertz CT molecular complexity index is 442. The van der Waals surface area contributed by atoms with Crippen LogP contribution in [0.5, 0.6) is 0 Å². The van der Waals surface area contributed by atoms with Gasteiger partial charge in [0.25, 0.3) is 0 Å². The van der Waals surface area contributed by atoms with E-state index in [1.54, 1.807) is 0 Å². The third-order valence-corrected chi connectivity index (χ3v) is 3.21. The van der Waals surface area contributed by atoms with Gasteiger partial charge in [-0.2, -0.15) is 13.2 Å². The summed E-state index contributed by atoms with van der Waals surface area (Å²) >= 11 is 0. The molecule has 5 nitrogen and oxygen atoms in total. The zero-order valence-electron chi connectivity index (χ0n) is 10.9. The second-order valence-corrected chi connectivity index (χ2v) is 5.06. The van der Waals surface area contributed by atoms with Crippen LogP contribution in [0.2, 0.25) is 0 Å². The third-order valence-electron chi connectivity index (χ3n) is 3.21. The molecule has 1 unspecified atom stereocenters. The summed E-state index contributed by atoms with van der Waals surface area (Å²) in [5, 5.41) is 17.1. The second-order valence-electron chi connectivity index (χ2n) is 5.06. The smallest absolute Gasteiger partial charge is 0.382 e.